The maximum atomic E-state index is 13.6. The second kappa shape index (κ2) is 18.3. The number of ketones is 3. The lowest BCUT2D eigenvalue weighted by Crippen LogP contribution is -2.63. The van der Waals surface area contributed by atoms with Gasteiger partial charge in [-0.1, -0.05) is 67.2 Å². The Morgan fingerprint density at radius 2 is 1.21 bits per heavy atom. The highest BCUT2D eigenvalue weighted by atomic mass is 16.4. The Labute approximate surface area is 237 Å². The third-order valence-electron chi connectivity index (χ3n) is 7.98. The summed E-state index contributed by atoms with van der Waals surface area (Å²) in [4.78, 5) is 40.2. The van der Waals surface area contributed by atoms with E-state index in [-0.39, 0.29) is 36.3 Å². The molecule has 0 spiro atoms. The van der Waals surface area contributed by atoms with Gasteiger partial charge in [0.15, 0.2) is 17.3 Å². The third-order valence-corrected chi connectivity index (χ3v) is 7.98. The van der Waals surface area contributed by atoms with E-state index in [1.807, 2.05) is 34.6 Å². The van der Waals surface area contributed by atoms with E-state index in [0.717, 1.165) is 25.7 Å². The van der Waals surface area contributed by atoms with Crippen molar-refractivity contribution in [2.24, 2.45) is 41.1 Å². The van der Waals surface area contributed by atoms with Gasteiger partial charge in [0.1, 0.15) is 12.2 Å². The second-order valence-electron chi connectivity index (χ2n) is 12.9. The minimum Gasteiger partial charge on any atom is -0.386 e. The summed E-state index contributed by atoms with van der Waals surface area (Å²) in [5.74, 6) is -3.52. The van der Waals surface area contributed by atoms with Crippen LogP contribution in [0.3, 0.4) is 0 Å². The average molecular weight is 557 g/mol. The summed E-state index contributed by atoms with van der Waals surface area (Å²) >= 11 is 0. The Morgan fingerprint density at radius 3 is 1.67 bits per heavy atom. The van der Waals surface area contributed by atoms with E-state index in [1.54, 1.807) is 13.8 Å². The highest BCUT2D eigenvalue weighted by molar-refractivity contribution is 6.12. The Hall–Kier alpha value is -1.19. The highest BCUT2D eigenvalue weighted by Crippen LogP contribution is 2.30. The first-order chi connectivity index (χ1) is 18.0. The lowest BCUT2D eigenvalue weighted by atomic mass is 9.74. The van der Waals surface area contributed by atoms with Crippen molar-refractivity contribution in [2.75, 3.05) is 0 Å². The van der Waals surface area contributed by atoms with Gasteiger partial charge in [-0.05, 0) is 63.7 Å². The van der Waals surface area contributed by atoms with E-state index >= 15 is 0 Å². The number of unbranched alkanes of at least 4 members (excludes halogenated alkanes) is 2. The molecule has 0 aromatic heterocycles. The molecule has 8 nitrogen and oxygen atoms in total. The maximum Gasteiger partial charge on any atom is 0.210 e. The molecule has 10 atom stereocenters. The van der Waals surface area contributed by atoms with Crippen LogP contribution >= 0.6 is 0 Å². The van der Waals surface area contributed by atoms with Crippen LogP contribution in [-0.4, -0.2) is 62.6 Å². The van der Waals surface area contributed by atoms with Gasteiger partial charge in [0.2, 0.25) is 5.60 Å². The summed E-state index contributed by atoms with van der Waals surface area (Å²) in [5.41, 5.74) is 8.88. The summed E-state index contributed by atoms with van der Waals surface area (Å²) in [6.07, 6.45) is 2.21. The molecule has 0 bridgehead atoms. The van der Waals surface area contributed by atoms with Crippen LogP contribution in [0, 0.1) is 29.6 Å². The van der Waals surface area contributed by atoms with E-state index in [0.29, 0.717) is 32.1 Å². The van der Waals surface area contributed by atoms with E-state index in [4.69, 9.17) is 11.5 Å². The fourth-order valence-electron chi connectivity index (χ4n) is 5.85. The van der Waals surface area contributed by atoms with Gasteiger partial charge < -0.3 is 26.8 Å². The number of nitrogens with two attached hydrogens (primary N) is 2. The summed E-state index contributed by atoms with van der Waals surface area (Å²) in [6, 6.07) is -0.123. The molecule has 10 unspecified atom stereocenters. The molecular formula is C31H60N2O6. The topological polar surface area (TPSA) is 164 Å². The quantitative estimate of drug-likeness (QED) is 0.0988. The van der Waals surface area contributed by atoms with E-state index in [9.17, 15) is 29.7 Å². The van der Waals surface area contributed by atoms with Crippen molar-refractivity contribution < 1.29 is 29.7 Å². The first-order valence-electron chi connectivity index (χ1n) is 15.2. The largest absolute Gasteiger partial charge is 0.386 e. The molecule has 0 aromatic carbocycles. The molecule has 0 fully saturated rings. The fraction of sp³-hybridized carbons (Fsp3) is 0.903. The van der Waals surface area contributed by atoms with E-state index in [2.05, 4.69) is 6.92 Å². The number of carbonyl (C=O) groups is 3. The van der Waals surface area contributed by atoms with Gasteiger partial charge in [-0.2, -0.15) is 0 Å². The molecule has 0 saturated carbocycles. The zero-order chi connectivity index (χ0) is 30.5. The summed E-state index contributed by atoms with van der Waals surface area (Å²) < 4.78 is 0. The standard InChI is InChI=1S/C31H60N2O6/c1-9-10-11-12-19(2)13-14-26(34)31(39,29(37)23(6)16-21(4)18-25(8)33)30(38)28(36)27(35)22(5)15-20(3)17-24(7)32/h19-25,28,30,36,38-39H,9-18,32-33H2,1-8H3. The van der Waals surface area contributed by atoms with Crippen molar-refractivity contribution in [3.8, 4) is 0 Å². The highest BCUT2D eigenvalue weighted by Gasteiger charge is 2.54. The molecule has 7 N–H and O–H groups in total. The van der Waals surface area contributed by atoms with Crippen LogP contribution in [0.4, 0.5) is 0 Å². The predicted octanol–water partition coefficient (Wildman–Crippen LogP) is 3.94. The molecule has 8 heteroatoms. The van der Waals surface area contributed by atoms with Crippen molar-refractivity contribution in [3.63, 3.8) is 0 Å². The monoisotopic (exact) mass is 556 g/mol. The van der Waals surface area contributed by atoms with Crippen LogP contribution in [0.1, 0.15) is 120 Å². The van der Waals surface area contributed by atoms with Crippen LogP contribution in [0.15, 0.2) is 0 Å². The normalized spacial score (nSPS) is 20.5. The van der Waals surface area contributed by atoms with Crippen molar-refractivity contribution in [1.29, 1.82) is 0 Å². The van der Waals surface area contributed by atoms with Gasteiger partial charge in [0.05, 0.1) is 0 Å². The van der Waals surface area contributed by atoms with Crippen molar-refractivity contribution in [2.45, 2.75) is 149 Å². The number of Topliss-reactive ketones (excluding diaryl/α,β-unsaturated/α-hetero) is 3. The Bertz CT molecular complexity index is 743. The van der Waals surface area contributed by atoms with E-state index in [1.165, 1.54) is 0 Å². The summed E-state index contributed by atoms with van der Waals surface area (Å²) in [7, 11) is 0. The lowest BCUT2D eigenvalue weighted by Gasteiger charge is -2.36. The molecular weight excluding hydrogens is 496 g/mol. The van der Waals surface area contributed by atoms with Crippen LogP contribution in [0.25, 0.3) is 0 Å². The van der Waals surface area contributed by atoms with Crippen molar-refractivity contribution in [3.05, 3.63) is 0 Å². The molecule has 0 aromatic rings. The first-order valence-corrected chi connectivity index (χ1v) is 15.2. The number of hydrogen-bond donors (Lipinski definition) is 5. The minimum absolute atomic E-state index is 0.0389. The Morgan fingerprint density at radius 1 is 0.718 bits per heavy atom. The number of carbonyl (C=O) groups excluding carboxylic acids is 3. The van der Waals surface area contributed by atoms with Crippen molar-refractivity contribution in [1.82, 2.24) is 0 Å². The maximum absolute atomic E-state index is 13.6. The fourth-order valence-corrected chi connectivity index (χ4v) is 5.85. The average Bonchev–Trinajstić information content (AvgIpc) is 2.83. The Kier molecular flexibility index (Phi) is 17.7. The van der Waals surface area contributed by atoms with Gasteiger partial charge >= 0.3 is 0 Å². The van der Waals surface area contributed by atoms with Gasteiger partial charge in [-0.25, -0.2) is 0 Å². The van der Waals surface area contributed by atoms with Crippen LogP contribution in [-0.2, 0) is 14.4 Å². The molecule has 0 aliphatic carbocycles. The van der Waals surface area contributed by atoms with Crippen LogP contribution in [0.2, 0.25) is 0 Å². The van der Waals surface area contributed by atoms with Gasteiger partial charge in [0, 0.05) is 30.3 Å². The van der Waals surface area contributed by atoms with Gasteiger partial charge in [-0.15, -0.1) is 0 Å². The lowest BCUT2D eigenvalue weighted by molar-refractivity contribution is -0.178. The first kappa shape index (κ1) is 37.8. The molecule has 0 heterocycles. The smallest absolute Gasteiger partial charge is 0.210 e. The van der Waals surface area contributed by atoms with Gasteiger partial charge in [-0.3, -0.25) is 14.4 Å². The third kappa shape index (κ3) is 12.9. The zero-order valence-corrected chi connectivity index (χ0v) is 26.0. The number of aliphatic hydroxyl groups excluding tert-OH is 2. The molecule has 0 aliphatic heterocycles. The Balaban J connectivity index is 5.89. The van der Waals surface area contributed by atoms with Crippen LogP contribution < -0.4 is 11.5 Å². The number of aliphatic hydroxyl groups is 3. The molecule has 39 heavy (non-hydrogen) atoms. The molecule has 0 aliphatic rings. The molecule has 230 valence electrons. The van der Waals surface area contributed by atoms with Crippen molar-refractivity contribution >= 4 is 17.3 Å². The number of hydrogen-bond acceptors (Lipinski definition) is 8. The summed E-state index contributed by atoms with van der Waals surface area (Å²) in [5, 5.41) is 33.6. The minimum atomic E-state index is -2.87. The molecule has 0 saturated heterocycles. The number of rotatable bonds is 22. The molecule has 0 amide bonds. The second-order valence-corrected chi connectivity index (χ2v) is 12.9. The predicted molar refractivity (Wildman–Crippen MR) is 157 cm³/mol. The SMILES string of the molecule is CCCCCC(C)CCC(=O)C(O)(C(=O)C(C)CC(C)CC(C)N)C(O)C(O)C(=O)C(C)CC(C)CC(C)N. The van der Waals surface area contributed by atoms with E-state index < -0.39 is 47.0 Å². The molecule has 0 radical (unpaired) electrons. The molecule has 0 rings (SSSR count). The zero-order valence-electron chi connectivity index (χ0n) is 26.0. The van der Waals surface area contributed by atoms with Crippen LogP contribution in [0.5, 0.6) is 0 Å². The van der Waals surface area contributed by atoms with Gasteiger partial charge in [0.25, 0.3) is 0 Å². The summed E-state index contributed by atoms with van der Waals surface area (Å²) in [6.45, 7) is 15.0.